The van der Waals surface area contributed by atoms with Gasteiger partial charge < -0.3 is 9.88 Å². The molecule has 0 radical (unpaired) electrons. The Morgan fingerprint density at radius 2 is 2.46 bits per heavy atom. The van der Waals surface area contributed by atoms with Crippen molar-refractivity contribution in [1.82, 2.24) is 20.1 Å². The Hall–Kier alpha value is -1.16. The lowest BCUT2D eigenvalue weighted by Gasteiger charge is -2.12. The zero-order valence-corrected chi connectivity index (χ0v) is 8.41. The molecule has 0 amide bonds. The molecule has 72 valence electrons. The van der Waals surface area contributed by atoms with Crippen LogP contribution < -0.4 is 5.32 Å². The third kappa shape index (κ3) is 2.66. The largest absolute Gasteiger partial charge is 0.319 e. The fourth-order valence-electron chi connectivity index (χ4n) is 1.10. The highest BCUT2D eigenvalue weighted by atomic mass is 15.3. The molecular formula is C9H16N4. The molecule has 0 aliphatic carbocycles. The minimum atomic E-state index is 0.212. The molecule has 1 N–H and O–H groups in total. The van der Waals surface area contributed by atoms with Gasteiger partial charge in [-0.3, -0.25) is 0 Å². The number of aromatic nitrogens is 3. The summed E-state index contributed by atoms with van der Waals surface area (Å²) < 4.78 is 1.91. The molecule has 1 aromatic rings. The second kappa shape index (κ2) is 4.18. The van der Waals surface area contributed by atoms with E-state index in [4.69, 9.17) is 0 Å². The highest BCUT2D eigenvalue weighted by molar-refractivity contribution is 4.96. The molecule has 0 bridgehead atoms. The molecule has 1 unspecified atom stereocenters. The summed E-state index contributed by atoms with van der Waals surface area (Å²) in [7, 11) is 1.94. The smallest absolute Gasteiger partial charge is 0.149 e. The van der Waals surface area contributed by atoms with Crippen LogP contribution in [0.1, 0.15) is 25.7 Å². The summed E-state index contributed by atoms with van der Waals surface area (Å²) in [6, 6.07) is 0.212. The van der Waals surface area contributed by atoms with Gasteiger partial charge in [-0.25, -0.2) is 0 Å². The third-order valence-corrected chi connectivity index (χ3v) is 1.84. The molecule has 4 heteroatoms. The van der Waals surface area contributed by atoms with Gasteiger partial charge in [-0.2, -0.15) is 0 Å². The van der Waals surface area contributed by atoms with Crippen LogP contribution in [0.15, 0.2) is 18.5 Å². The van der Waals surface area contributed by atoms with Crippen LogP contribution in [-0.4, -0.2) is 21.3 Å². The van der Waals surface area contributed by atoms with Crippen LogP contribution in [-0.2, 0) is 7.05 Å². The van der Waals surface area contributed by atoms with E-state index in [-0.39, 0.29) is 6.04 Å². The number of nitrogens with zero attached hydrogens (tertiary/aromatic N) is 3. The Balaban J connectivity index is 2.53. The van der Waals surface area contributed by atoms with E-state index in [0.717, 1.165) is 17.9 Å². The number of hydrogen-bond acceptors (Lipinski definition) is 3. The van der Waals surface area contributed by atoms with Gasteiger partial charge >= 0.3 is 0 Å². The van der Waals surface area contributed by atoms with Gasteiger partial charge in [0.05, 0.1) is 6.04 Å². The molecule has 0 aliphatic heterocycles. The monoisotopic (exact) mass is 180 g/mol. The van der Waals surface area contributed by atoms with E-state index < -0.39 is 0 Å². The first-order chi connectivity index (χ1) is 6.11. The van der Waals surface area contributed by atoms with Crippen molar-refractivity contribution in [3.05, 3.63) is 24.3 Å². The molecule has 1 rings (SSSR count). The topological polar surface area (TPSA) is 42.7 Å². The lowest BCUT2D eigenvalue weighted by atomic mass is 10.3. The molecule has 0 spiro atoms. The predicted octanol–water partition coefficient (Wildman–Crippen LogP) is 1.04. The summed E-state index contributed by atoms with van der Waals surface area (Å²) in [6.45, 7) is 8.70. The molecule has 0 fully saturated rings. The summed E-state index contributed by atoms with van der Waals surface area (Å²) >= 11 is 0. The lowest BCUT2D eigenvalue weighted by molar-refractivity contribution is 0.553. The number of hydrogen-bond donors (Lipinski definition) is 1. The number of nitrogens with one attached hydrogen (secondary N) is 1. The zero-order valence-electron chi connectivity index (χ0n) is 8.41. The Morgan fingerprint density at radius 1 is 1.77 bits per heavy atom. The molecule has 1 aromatic heterocycles. The van der Waals surface area contributed by atoms with Crippen molar-refractivity contribution < 1.29 is 0 Å². The van der Waals surface area contributed by atoms with Crippen molar-refractivity contribution in [3.8, 4) is 0 Å². The van der Waals surface area contributed by atoms with Crippen molar-refractivity contribution in [2.24, 2.45) is 7.05 Å². The molecule has 1 heterocycles. The van der Waals surface area contributed by atoms with E-state index >= 15 is 0 Å². The van der Waals surface area contributed by atoms with Crippen LogP contribution in [0.2, 0.25) is 0 Å². The Labute approximate surface area is 78.7 Å². The first-order valence-corrected chi connectivity index (χ1v) is 4.33. The van der Waals surface area contributed by atoms with Crippen molar-refractivity contribution in [2.75, 3.05) is 6.54 Å². The number of aryl methyl sites for hydroxylation is 1. The minimum absolute atomic E-state index is 0.212. The summed E-state index contributed by atoms with van der Waals surface area (Å²) in [6.07, 6.45) is 1.70. The Kier molecular flexibility index (Phi) is 3.19. The van der Waals surface area contributed by atoms with E-state index in [0.29, 0.717) is 0 Å². The van der Waals surface area contributed by atoms with Gasteiger partial charge in [-0.05, 0) is 13.8 Å². The van der Waals surface area contributed by atoms with Gasteiger partial charge in [0.1, 0.15) is 12.2 Å². The van der Waals surface area contributed by atoms with Crippen LogP contribution in [0.25, 0.3) is 0 Å². The first kappa shape index (κ1) is 9.92. The molecule has 0 saturated heterocycles. The summed E-state index contributed by atoms with van der Waals surface area (Å²) in [5.74, 6) is 0.946. The predicted molar refractivity (Wildman–Crippen MR) is 52.2 cm³/mol. The molecule has 1 atom stereocenters. The standard InChI is InChI=1S/C9H16N4/c1-7(2)5-10-8(3)9-12-11-6-13(9)4/h6,8,10H,1,5H2,2-4H3. The number of rotatable bonds is 4. The quantitative estimate of drug-likeness (QED) is 0.704. The van der Waals surface area contributed by atoms with E-state index in [1.54, 1.807) is 6.33 Å². The maximum atomic E-state index is 4.01. The van der Waals surface area contributed by atoms with Crippen LogP contribution in [0, 0.1) is 0 Å². The second-order valence-corrected chi connectivity index (χ2v) is 3.36. The Morgan fingerprint density at radius 3 is 2.92 bits per heavy atom. The normalized spacial score (nSPS) is 12.8. The van der Waals surface area contributed by atoms with E-state index in [1.807, 2.05) is 18.5 Å². The van der Waals surface area contributed by atoms with Crippen molar-refractivity contribution in [2.45, 2.75) is 19.9 Å². The SMILES string of the molecule is C=C(C)CNC(C)c1nncn1C. The summed E-state index contributed by atoms with van der Waals surface area (Å²) in [4.78, 5) is 0. The highest BCUT2D eigenvalue weighted by Crippen LogP contribution is 2.06. The maximum absolute atomic E-state index is 4.01. The maximum Gasteiger partial charge on any atom is 0.149 e. The van der Waals surface area contributed by atoms with Gasteiger partial charge in [-0.15, -0.1) is 10.2 Å². The van der Waals surface area contributed by atoms with Gasteiger partial charge in [0.2, 0.25) is 0 Å². The second-order valence-electron chi connectivity index (χ2n) is 3.36. The van der Waals surface area contributed by atoms with Crippen molar-refractivity contribution in [1.29, 1.82) is 0 Å². The van der Waals surface area contributed by atoms with E-state index in [1.165, 1.54) is 0 Å². The van der Waals surface area contributed by atoms with Crippen LogP contribution in [0.4, 0.5) is 0 Å². The van der Waals surface area contributed by atoms with E-state index in [9.17, 15) is 0 Å². The van der Waals surface area contributed by atoms with Crippen LogP contribution >= 0.6 is 0 Å². The average molecular weight is 180 g/mol. The first-order valence-electron chi connectivity index (χ1n) is 4.33. The average Bonchev–Trinajstić information content (AvgIpc) is 2.47. The van der Waals surface area contributed by atoms with Gasteiger partial charge in [0.25, 0.3) is 0 Å². The summed E-state index contributed by atoms with van der Waals surface area (Å²) in [5, 5.41) is 11.1. The molecule has 4 nitrogen and oxygen atoms in total. The fraction of sp³-hybridized carbons (Fsp3) is 0.556. The lowest BCUT2D eigenvalue weighted by Crippen LogP contribution is -2.22. The van der Waals surface area contributed by atoms with Crippen LogP contribution in [0.3, 0.4) is 0 Å². The third-order valence-electron chi connectivity index (χ3n) is 1.84. The van der Waals surface area contributed by atoms with Crippen molar-refractivity contribution in [3.63, 3.8) is 0 Å². The van der Waals surface area contributed by atoms with Crippen LogP contribution in [0.5, 0.6) is 0 Å². The zero-order chi connectivity index (χ0) is 9.84. The van der Waals surface area contributed by atoms with Crippen molar-refractivity contribution >= 4 is 0 Å². The summed E-state index contributed by atoms with van der Waals surface area (Å²) in [5.41, 5.74) is 1.12. The molecule has 0 saturated carbocycles. The molecule has 0 aliphatic rings. The fourth-order valence-corrected chi connectivity index (χ4v) is 1.10. The van der Waals surface area contributed by atoms with Gasteiger partial charge in [-0.1, -0.05) is 12.2 Å². The molecule has 0 aromatic carbocycles. The molecular weight excluding hydrogens is 164 g/mol. The highest BCUT2D eigenvalue weighted by Gasteiger charge is 2.09. The Bertz CT molecular complexity index is 290. The molecule has 13 heavy (non-hydrogen) atoms. The minimum Gasteiger partial charge on any atom is -0.319 e. The van der Waals surface area contributed by atoms with Gasteiger partial charge in [0, 0.05) is 13.6 Å². The van der Waals surface area contributed by atoms with E-state index in [2.05, 4.69) is 29.0 Å². The van der Waals surface area contributed by atoms with Gasteiger partial charge in [0.15, 0.2) is 0 Å².